The van der Waals surface area contributed by atoms with Gasteiger partial charge >= 0.3 is 0 Å². The number of aromatic nitrogens is 6. The van der Waals surface area contributed by atoms with Crippen molar-refractivity contribution in [2.24, 2.45) is 0 Å². The SMILES string of the molecule is O.O.c1ccc(-c2nc(SSc3n[nH]c(-c4ccccc4)n3)n[nH]2)cc1. The molecule has 0 radical (unpaired) electrons. The van der Waals surface area contributed by atoms with Crippen LogP contribution in [0.15, 0.2) is 71.0 Å². The van der Waals surface area contributed by atoms with E-state index in [-0.39, 0.29) is 11.0 Å². The standard InChI is InChI=1S/C16H12N6S2.2H2O/c1-3-7-11(8-4-1)13-17-15(21-19-13)23-24-16-18-14(20-22-16)12-9-5-2-6-10-12;;/h1-10H,(H,17,19,21)(H,18,20,22);2*1H2. The van der Waals surface area contributed by atoms with Gasteiger partial charge in [0.05, 0.1) is 0 Å². The molecule has 0 saturated carbocycles. The molecule has 10 heteroatoms. The third kappa shape index (κ3) is 4.49. The van der Waals surface area contributed by atoms with Crippen LogP contribution < -0.4 is 0 Å². The van der Waals surface area contributed by atoms with E-state index in [1.807, 2.05) is 60.7 Å². The van der Waals surface area contributed by atoms with E-state index in [2.05, 4.69) is 30.4 Å². The molecular formula is C16H16N6O2S2. The lowest BCUT2D eigenvalue weighted by Gasteiger charge is -1.93. The van der Waals surface area contributed by atoms with Crippen LogP contribution in [0.3, 0.4) is 0 Å². The highest BCUT2D eigenvalue weighted by Gasteiger charge is 2.10. The molecule has 0 aliphatic heterocycles. The van der Waals surface area contributed by atoms with Gasteiger partial charge in [-0.3, -0.25) is 10.2 Å². The number of nitrogens with zero attached hydrogens (tertiary/aromatic N) is 4. The van der Waals surface area contributed by atoms with E-state index in [9.17, 15) is 0 Å². The summed E-state index contributed by atoms with van der Waals surface area (Å²) in [6.07, 6.45) is 0. The zero-order valence-corrected chi connectivity index (χ0v) is 15.0. The maximum absolute atomic E-state index is 4.47. The van der Waals surface area contributed by atoms with Gasteiger partial charge in [-0.15, -0.1) is 10.2 Å². The van der Waals surface area contributed by atoms with Crippen molar-refractivity contribution in [2.45, 2.75) is 10.3 Å². The van der Waals surface area contributed by atoms with E-state index < -0.39 is 0 Å². The van der Waals surface area contributed by atoms with Gasteiger partial charge in [-0.2, -0.15) is 0 Å². The summed E-state index contributed by atoms with van der Waals surface area (Å²) in [5.41, 5.74) is 2.01. The van der Waals surface area contributed by atoms with Gasteiger partial charge < -0.3 is 11.0 Å². The average Bonchev–Trinajstić information content (AvgIpc) is 3.31. The van der Waals surface area contributed by atoms with Gasteiger partial charge in [0.1, 0.15) is 0 Å². The summed E-state index contributed by atoms with van der Waals surface area (Å²) >= 11 is 0. The average molecular weight is 388 g/mol. The van der Waals surface area contributed by atoms with Crippen LogP contribution in [-0.4, -0.2) is 41.3 Å². The van der Waals surface area contributed by atoms with Crippen LogP contribution in [0, 0.1) is 0 Å². The monoisotopic (exact) mass is 388 g/mol. The van der Waals surface area contributed by atoms with Crippen LogP contribution in [0.1, 0.15) is 0 Å². The first-order chi connectivity index (χ1) is 11.9. The first-order valence-electron chi connectivity index (χ1n) is 7.19. The maximum atomic E-state index is 4.47. The Labute approximate surface area is 156 Å². The van der Waals surface area contributed by atoms with E-state index in [1.54, 1.807) is 0 Å². The summed E-state index contributed by atoms with van der Waals surface area (Å²) in [6, 6.07) is 19.8. The summed E-state index contributed by atoms with van der Waals surface area (Å²) in [5, 5.41) is 15.6. The molecule has 134 valence electrons. The van der Waals surface area contributed by atoms with Crippen LogP contribution in [0.2, 0.25) is 0 Å². The minimum Gasteiger partial charge on any atom is -0.412 e. The van der Waals surface area contributed by atoms with Crippen molar-refractivity contribution in [3.63, 3.8) is 0 Å². The zero-order valence-electron chi connectivity index (χ0n) is 13.4. The predicted molar refractivity (Wildman–Crippen MR) is 103 cm³/mol. The summed E-state index contributed by atoms with van der Waals surface area (Å²) in [5.74, 6) is 1.50. The molecular weight excluding hydrogens is 372 g/mol. The van der Waals surface area contributed by atoms with E-state index in [0.29, 0.717) is 10.3 Å². The largest absolute Gasteiger partial charge is 0.412 e. The zero-order chi connectivity index (χ0) is 16.2. The van der Waals surface area contributed by atoms with Gasteiger partial charge in [-0.1, -0.05) is 60.7 Å². The molecule has 0 aliphatic rings. The van der Waals surface area contributed by atoms with Crippen molar-refractivity contribution in [3.05, 3.63) is 60.7 Å². The number of H-pyrrole nitrogens is 2. The molecule has 6 N–H and O–H groups in total. The van der Waals surface area contributed by atoms with Gasteiger partial charge in [-0.05, 0) is 21.6 Å². The second kappa shape index (κ2) is 9.15. The van der Waals surface area contributed by atoms with Crippen molar-refractivity contribution in [3.8, 4) is 22.8 Å². The molecule has 0 unspecified atom stereocenters. The highest BCUT2D eigenvalue weighted by molar-refractivity contribution is 8.76. The minimum atomic E-state index is 0. The predicted octanol–water partition coefficient (Wildman–Crippen LogP) is 2.41. The summed E-state index contributed by atoms with van der Waals surface area (Å²) in [6.45, 7) is 0. The van der Waals surface area contributed by atoms with Gasteiger partial charge in [0.25, 0.3) is 0 Å². The molecule has 26 heavy (non-hydrogen) atoms. The third-order valence-corrected chi connectivity index (χ3v) is 5.11. The number of benzene rings is 2. The van der Waals surface area contributed by atoms with E-state index in [4.69, 9.17) is 0 Å². The van der Waals surface area contributed by atoms with Gasteiger partial charge in [0.2, 0.25) is 10.3 Å². The normalized spacial score (nSPS) is 10.0. The van der Waals surface area contributed by atoms with Crippen molar-refractivity contribution >= 4 is 21.6 Å². The fourth-order valence-corrected chi connectivity index (χ4v) is 3.56. The van der Waals surface area contributed by atoms with Crippen LogP contribution >= 0.6 is 21.6 Å². The van der Waals surface area contributed by atoms with Crippen LogP contribution in [-0.2, 0) is 0 Å². The van der Waals surface area contributed by atoms with Crippen molar-refractivity contribution in [1.29, 1.82) is 0 Å². The van der Waals surface area contributed by atoms with Crippen LogP contribution in [0.25, 0.3) is 22.8 Å². The quantitative estimate of drug-likeness (QED) is 0.502. The maximum Gasteiger partial charge on any atom is 0.219 e. The molecule has 0 atom stereocenters. The molecule has 0 spiro atoms. The lowest BCUT2D eigenvalue weighted by Crippen LogP contribution is -1.79. The second-order valence-corrected chi connectivity index (χ2v) is 6.90. The van der Waals surface area contributed by atoms with E-state index >= 15 is 0 Å². The Morgan fingerprint density at radius 2 is 0.962 bits per heavy atom. The Balaban J connectivity index is 0.00000121. The lowest BCUT2D eigenvalue weighted by atomic mass is 10.2. The van der Waals surface area contributed by atoms with Crippen molar-refractivity contribution in [1.82, 2.24) is 30.4 Å². The summed E-state index contributed by atoms with van der Waals surface area (Å²) < 4.78 is 0. The second-order valence-electron chi connectivity index (χ2n) is 4.83. The number of hydrogen-bond acceptors (Lipinski definition) is 6. The lowest BCUT2D eigenvalue weighted by molar-refractivity contribution is 0.823. The Morgan fingerprint density at radius 1 is 0.577 bits per heavy atom. The highest BCUT2D eigenvalue weighted by atomic mass is 33.1. The third-order valence-electron chi connectivity index (χ3n) is 3.21. The first-order valence-corrected chi connectivity index (χ1v) is 9.33. The van der Waals surface area contributed by atoms with Crippen LogP contribution in [0.4, 0.5) is 0 Å². The number of aromatic amines is 2. The molecule has 0 amide bonds. The minimum absolute atomic E-state index is 0. The Bertz CT molecular complexity index is 852. The van der Waals surface area contributed by atoms with Crippen molar-refractivity contribution in [2.75, 3.05) is 0 Å². The Morgan fingerprint density at radius 3 is 1.35 bits per heavy atom. The van der Waals surface area contributed by atoms with Gasteiger partial charge in [0.15, 0.2) is 11.6 Å². The molecule has 2 aromatic heterocycles. The van der Waals surface area contributed by atoms with Crippen LogP contribution in [0.5, 0.6) is 0 Å². The number of rotatable bonds is 5. The molecule has 8 nitrogen and oxygen atoms in total. The molecule has 4 aromatic rings. The fourth-order valence-electron chi connectivity index (χ4n) is 2.09. The molecule has 2 heterocycles. The molecule has 0 saturated heterocycles. The highest BCUT2D eigenvalue weighted by Crippen LogP contribution is 2.34. The number of hydrogen-bond donors (Lipinski definition) is 2. The van der Waals surface area contributed by atoms with Gasteiger partial charge in [-0.25, -0.2) is 9.97 Å². The topological polar surface area (TPSA) is 146 Å². The summed E-state index contributed by atoms with van der Waals surface area (Å²) in [7, 11) is 2.83. The Kier molecular flexibility index (Phi) is 6.92. The first kappa shape index (κ1) is 19.7. The van der Waals surface area contributed by atoms with Crippen molar-refractivity contribution < 1.29 is 11.0 Å². The van der Waals surface area contributed by atoms with E-state index in [1.165, 1.54) is 21.6 Å². The molecule has 0 bridgehead atoms. The fraction of sp³-hybridized carbons (Fsp3) is 0. The summed E-state index contributed by atoms with van der Waals surface area (Å²) in [4.78, 5) is 8.94. The van der Waals surface area contributed by atoms with Gasteiger partial charge in [0, 0.05) is 11.1 Å². The van der Waals surface area contributed by atoms with E-state index in [0.717, 1.165) is 22.8 Å². The molecule has 4 rings (SSSR count). The molecule has 2 aromatic carbocycles. The molecule has 0 aliphatic carbocycles. The number of nitrogens with one attached hydrogen (secondary N) is 2. The Hall–Kier alpha value is -2.66. The smallest absolute Gasteiger partial charge is 0.219 e. The molecule has 0 fully saturated rings.